The Morgan fingerprint density at radius 1 is 0.946 bits per heavy atom. The van der Waals surface area contributed by atoms with E-state index >= 15 is 0 Å². The molecule has 0 bridgehead atoms. The molecule has 1 heterocycles. The highest BCUT2D eigenvalue weighted by molar-refractivity contribution is 8.00. The number of amides is 3. The first-order valence-corrected chi connectivity index (χ1v) is 14.0. The number of aryl methyl sites for hydroxylation is 2. The van der Waals surface area contributed by atoms with E-state index in [0.717, 1.165) is 32.3 Å². The minimum atomic E-state index is -0.309. The van der Waals surface area contributed by atoms with Gasteiger partial charge >= 0.3 is 6.03 Å². The first-order chi connectivity index (χ1) is 17.9. The van der Waals surface area contributed by atoms with Crippen LogP contribution in [0, 0.1) is 13.8 Å². The van der Waals surface area contributed by atoms with Crippen molar-refractivity contribution in [3.05, 3.63) is 102 Å². The Bertz CT molecular complexity index is 1400. The van der Waals surface area contributed by atoms with Gasteiger partial charge in [-0.1, -0.05) is 54.6 Å². The number of benzene rings is 3. The first kappa shape index (κ1) is 25.2. The average molecular weight is 528 g/mol. The smallest absolute Gasteiger partial charge is 0.325 e. The number of nitrogens with zero attached hydrogens (tertiary/aromatic N) is 1. The third-order valence-electron chi connectivity index (χ3n) is 6.38. The maximum Gasteiger partial charge on any atom is 0.326 e. The number of nitrogens with one attached hydrogen (secondary N) is 2. The summed E-state index contributed by atoms with van der Waals surface area (Å²) in [5.74, 6) is -0.0567. The van der Waals surface area contributed by atoms with E-state index in [0.29, 0.717) is 5.69 Å². The molecule has 5 nitrogen and oxygen atoms in total. The molecule has 2 N–H and O–H groups in total. The van der Waals surface area contributed by atoms with Crippen molar-refractivity contribution >= 4 is 52.5 Å². The fourth-order valence-corrected chi connectivity index (χ4v) is 6.60. The van der Waals surface area contributed by atoms with E-state index in [1.54, 1.807) is 11.8 Å². The van der Waals surface area contributed by atoms with Gasteiger partial charge in [-0.05, 0) is 68.3 Å². The van der Waals surface area contributed by atoms with Crippen LogP contribution in [0.5, 0.6) is 0 Å². The molecule has 0 fully saturated rings. The molecule has 3 unspecified atom stereocenters. The molecular formula is C30H29N3O2S2. The number of rotatable bonds is 5. The van der Waals surface area contributed by atoms with E-state index in [1.807, 2.05) is 98.5 Å². The van der Waals surface area contributed by atoms with Crippen LogP contribution in [0.2, 0.25) is 0 Å². The predicted octanol–water partition coefficient (Wildman–Crippen LogP) is 7.43. The van der Waals surface area contributed by atoms with Crippen LogP contribution in [0.3, 0.4) is 0 Å². The zero-order valence-corrected chi connectivity index (χ0v) is 22.6. The van der Waals surface area contributed by atoms with Crippen LogP contribution >= 0.6 is 23.5 Å². The van der Waals surface area contributed by atoms with Crippen molar-refractivity contribution in [3.63, 3.8) is 0 Å². The molecule has 1 aliphatic carbocycles. The number of allylic oxidation sites excluding steroid dienone is 2. The zero-order valence-electron chi connectivity index (χ0n) is 21.0. The summed E-state index contributed by atoms with van der Waals surface area (Å²) in [6.45, 7) is 5.89. The van der Waals surface area contributed by atoms with Gasteiger partial charge in [-0.2, -0.15) is 0 Å². The number of anilines is 3. The summed E-state index contributed by atoms with van der Waals surface area (Å²) in [5, 5.41) is 6.00. The number of para-hydroxylation sites is 1. The molecule has 3 aromatic carbocycles. The van der Waals surface area contributed by atoms with Gasteiger partial charge < -0.3 is 10.6 Å². The lowest BCUT2D eigenvalue weighted by Crippen LogP contribution is -2.49. The summed E-state index contributed by atoms with van der Waals surface area (Å²) in [6, 6.07) is 21.5. The van der Waals surface area contributed by atoms with Crippen LogP contribution in [-0.4, -0.2) is 28.5 Å². The highest BCUT2D eigenvalue weighted by atomic mass is 32.2. The zero-order chi connectivity index (χ0) is 25.9. The van der Waals surface area contributed by atoms with Gasteiger partial charge in [-0.25, -0.2) is 4.79 Å². The number of carbonyl (C=O) groups excluding carboxylic acids is 2. The van der Waals surface area contributed by atoms with E-state index in [-0.39, 0.29) is 28.5 Å². The van der Waals surface area contributed by atoms with Crippen molar-refractivity contribution in [2.75, 3.05) is 15.5 Å². The minimum absolute atomic E-state index is 0.0567. The fraction of sp³-hybridized carbons (Fsp3) is 0.200. The molecule has 37 heavy (non-hydrogen) atoms. The molecule has 2 aliphatic rings. The van der Waals surface area contributed by atoms with Crippen molar-refractivity contribution in [3.8, 4) is 0 Å². The predicted molar refractivity (Wildman–Crippen MR) is 156 cm³/mol. The number of carbonyl (C=O) groups is 2. The first-order valence-electron chi connectivity index (χ1n) is 12.2. The summed E-state index contributed by atoms with van der Waals surface area (Å²) >= 11 is 3.25. The molecule has 0 radical (unpaired) electrons. The number of urea groups is 1. The Balaban J connectivity index is 1.29. The van der Waals surface area contributed by atoms with Gasteiger partial charge in [0.1, 0.15) is 0 Å². The Hall–Kier alpha value is -3.42. The lowest BCUT2D eigenvalue weighted by atomic mass is 10.1. The SMILES string of the molecule is Cc1ccc(C)c(NC(=O)C(C)Sc2cccc(NC(=O)N3c4ccccc4SC4C=CC=CC43)c2)c1. The molecule has 0 saturated carbocycles. The van der Waals surface area contributed by atoms with E-state index in [4.69, 9.17) is 0 Å². The van der Waals surface area contributed by atoms with Crippen molar-refractivity contribution in [2.45, 2.75) is 47.1 Å². The second-order valence-corrected chi connectivity index (χ2v) is 11.8. The fourth-order valence-electron chi connectivity index (χ4n) is 4.42. The summed E-state index contributed by atoms with van der Waals surface area (Å²) in [5.41, 5.74) is 4.58. The molecular weight excluding hydrogens is 498 g/mol. The molecule has 3 amide bonds. The van der Waals surface area contributed by atoms with Crippen LogP contribution in [0.25, 0.3) is 0 Å². The van der Waals surface area contributed by atoms with Crippen molar-refractivity contribution in [1.82, 2.24) is 0 Å². The molecule has 5 rings (SSSR count). The van der Waals surface area contributed by atoms with E-state index in [1.165, 1.54) is 11.8 Å². The average Bonchev–Trinajstić information content (AvgIpc) is 2.89. The molecule has 188 valence electrons. The second kappa shape index (κ2) is 10.9. The molecule has 7 heteroatoms. The van der Waals surface area contributed by atoms with Gasteiger partial charge in [-0.3, -0.25) is 9.69 Å². The minimum Gasteiger partial charge on any atom is -0.325 e. The van der Waals surface area contributed by atoms with Crippen molar-refractivity contribution < 1.29 is 9.59 Å². The van der Waals surface area contributed by atoms with Gasteiger partial charge in [-0.15, -0.1) is 23.5 Å². The normalized spacial score (nSPS) is 18.5. The number of hydrogen-bond acceptors (Lipinski definition) is 4. The molecule has 0 spiro atoms. The van der Waals surface area contributed by atoms with Crippen LogP contribution in [0.15, 0.2) is 101 Å². The second-order valence-electron chi connectivity index (χ2n) is 9.21. The highest BCUT2D eigenvalue weighted by Gasteiger charge is 2.36. The number of fused-ring (bicyclic) bond motifs is 2. The molecule has 0 aromatic heterocycles. The van der Waals surface area contributed by atoms with Gasteiger partial charge in [0.15, 0.2) is 0 Å². The highest BCUT2D eigenvalue weighted by Crippen LogP contribution is 2.43. The van der Waals surface area contributed by atoms with Gasteiger partial charge in [0.05, 0.1) is 22.2 Å². The van der Waals surface area contributed by atoms with Gasteiger partial charge in [0.2, 0.25) is 5.91 Å². The lowest BCUT2D eigenvalue weighted by molar-refractivity contribution is -0.115. The lowest BCUT2D eigenvalue weighted by Gasteiger charge is -2.40. The summed E-state index contributed by atoms with van der Waals surface area (Å²) in [4.78, 5) is 30.3. The molecule has 3 atom stereocenters. The van der Waals surface area contributed by atoms with Crippen LogP contribution in [-0.2, 0) is 4.79 Å². The molecule has 0 saturated heterocycles. The van der Waals surface area contributed by atoms with Crippen LogP contribution in [0.1, 0.15) is 18.1 Å². The van der Waals surface area contributed by atoms with E-state index in [2.05, 4.69) is 28.9 Å². The van der Waals surface area contributed by atoms with Gasteiger partial charge in [0, 0.05) is 21.2 Å². The largest absolute Gasteiger partial charge is 0.326 e. The molecule has 1 aliphatic heterocycles. The molecule has 3 aromatic rings. The standard InChI is InChI=1S/C30H29N3O2S2/c1-19-15-16-20(2)24(17-19)32-29(34)21(3)36-23-10-8-9-22(18-23)31-30(35)33-25-11-4-6-13-27(25)37-28-14-7-5-12-26(28)33/h4-18,21,25,27H,1-3H3,(H,31,35)(H,32,34). The Labute approximate surface area is 226 Å². The van der Waals surface area contributed by atoms with Crippen molar-refractivity contribution in [1.29, 1.82) is 0 Å². The summed E-state index contributed by atoms with van der Waals surface area (Å²) < 4.78 is 0. The third-order valence-corrected chi connectivity index (χ3v) is 8.78. The van der Waals surface area contributed by atoms with Crippen LogP contribution < -0.4 is 15.5 Å². The van der Waals surface area contributed by atoms with E-state index < -0.39 is 0 Å². The maximum atomic E-state index is 13.6. The third kappa shape index (κ3) is 5.63. The monoisotopic (exact) mass is 527 g/mol. The van der Waals surface area contributed by atoms with E-state index in [9.17, 15) is 9.59 Å². The van der Waals surface area contributed by atoms with Crippen LogP contribution in [0.4, 0.5) is 21.9 Å². The Morgan fingerprint density at radius 3 is 2.62 bits per heavy atom. The van der Waals surface area contributed by atoms with Gasteiger partial charge in [0.25, 0.3) is 0 Å². The quantitative estimate of drug-likeness (QED) is 0.339. The Morgan fingerprint density at radius 2 is 1.76 bits per heavy atom. The Kier molecular flexibility index (Phi) is 7.44. The summed E-state index contributed by atoms with van der Waals surface area (Å²) in [6.07, 6.45) is 8.26. The summed E-state index contributed by atoms with van der Waals surface area (Å²) in [7, 11) is 0. The topological polar surface area (TPSA) is 61.4 Å². The maximum absolute atomic E-state index is 13.6. The van der Waals surface area contributed by atoms with Crippen molar-refractivity contribution in [2.24, 2.45) is 0 Å². The number of hydrogen-bond donors (Lipinski definition) is 2. The number of thioether (sulfide) groups is 2.